The maximum atomic E-state index is 2.38. The van der Waals surface area contributed by atoms with Crippen LogP contribution in [-0.4, -0.2) is 28.4 Å². The Morgan fingerprint density at radius 2 is 2.08 bits per heavy atom. The Bertz CT molecular complexity index is 331. The topological polar surface area (TPSA) is 0 Å². The first-order valence-electron chi connectivity index (χ1n) is 4.60. The molecular formula is C11H15LiSi. The van der Waals surface area contributed by atoms with Crippen molar-refractivity contribution in [3.8, 4) is 0 Å². The zero-order valence-corrected chi connectivity index (χ0v) is 9.09. The number of hydrogen-bond donors (Lipinski definition) is 0. The zero-order valence-electron chi connectivity index (χ0n) is 7.67. The van der Waals surface area contributed by atoms with Gasteiger partial charge in [0.25, 0.3) is 0 Å². The van der Waals surface area contributed by atoms with Crippen LogP contribution in [0.3, 0.4) is 0 Å². The molecule has 0 amide bonds. The molecule has 0 nitrogen and oxygen atoms in total. The van der Waals surface area contributed by atoms with Crippen LogP contribution in [0.1, 0.15) is 22.2 Å². The molecule has 0 saturated heterocycles. The van der Waals surface area contributed by atoms with E-state index < -0.39 is 0 Å². The molecule has 1 atom stereocenters. The molecule has 1 aliphatic rings. The van der Waals surface area contributed by atoms with Crippen LogP contribution in [0.15, 0.2) is 24.3 Å². The maximum absolute atomic E-state index is 2.38. The van der Waals surface area contributed by atoms with Crippen molar-refractivity contribution in [2.45, 2.75) is 19.0 Å². The summed E-state index contributed by atoms with van der Waals surface area (Å²) >= 11 is 0. The van der Waals surface area contributed by atoms with E-state index in [4.69, 9.17) is 0 Å². The van der Waals surface area contributed by atoms with Crippen molar-refractivity contribution in [1.29, 1.82) is 0 Å². The quantitative estimate of drug-likeness (QED) is 0.579. The monoisotopic (exact) mass is 182 g/mol. The van der Waals surface area contributed by atoms with Gasteiger partial charge in [-0.2, -0.15) is 0 Å². The summed E-state index contributed by atoms with van der Waals surface area (Å²) in [7, 11) is 0.0827. The molecule has 64 valence electrons. The molecule has 2 rings (SSSR count). The van der Waals surface area contributed by atoms with Gasteiger partial charge in [0.05, 0.1) is 0 Å². The van der Waals surface area contributed by atoms with Crippen molar-refractivity contribution in [2.24, 2.45) is 0 Å². The van der Waals surface area contributed by atoms with Crippen LogP contribution in [0.5, 0.6) is 0 Å². The van der Waals surface area contributed by atoms with E-state index >= 15 is 0 Å². The van der Waals surface area contributed by atoms with Gasteiger partial charge in [-0.1, -0.05) is 42.5 Å². The van der Waals surface area contributed by atoms with Gasteiger partial charge in [-0.05, 0) is 23.6 Å². The zero-order chi connectivity index (χ0) is 8.55. The third-order valence-electron chi connectivity index (χ3n) is 2.59. The molecule has 2 heteroatoms. The summed E-state index contributed by atoms with van der Waals surface area (Å²) in [6.45, 7) is 4.54. The predicted octanol–water partition coefficient (Wildman–Crippen LogP) is 1.63. The fourth-order valence-corrected chi connectivity index (χ4v) is 3.08. The van der Waals surface area contributed by atoms with Crippen molar-refractivity contribution < 1.29 is 0 Å². The molecule has 13 heavy (non-hydrogen) atoms. The molecule has 0 heterocycles. The average Bonchev–Trinajstić information content (AvgIpc) is 2.46. The molecule has 0 N–H and O–H groups in total. The molecule has 0 aromatic heterocycles. The Balaban J connectivity index is 0.000000845. The van der Waals surface area contributed by atoms with Crippen molar-refractivity contribution >= 4 is 34.5 Å². The molecule has 0 bridgehead atoms. The van der Waals surface area contributed by atoms with Gasteiger partial charge in [-0.15, -0.1) is 0 Å². The second kappa shape index (κ2) is 4.33. The van der Waals surface area contributed by atoms with E-state index in [0.29, 0.717) is 0 Å². The van der Waals surface area contributed by atoms with Crippen LogP contribution < -0.4 is 0 Å². The number of rotatable bonds is 1. The Morgan fingerprint density at radius 3 is 2.77 bits per heavy atom. The van der Waals surface area contributed by atoms with Crippen molar-refractivity contribution in [2.75, 3.05) is 0 Å². The molecule has 0 saturated carbocycles. The van der Waals surface area contributed by atoms with Crippen LogP contribution >= 0.6 is 0 Å². The van der Waals surface area contributed by atoms with Gasteiger partial charge in [0.1, 0.15) is 0 Å². The summed E-state index contributed by atoms with van der Waals surface area (Å²) in [5.74, 6) is 0. The predicted molar refractivity (Wildman–Crippen MR) is 64.5 cm³/mol. The summed E-state index contributed by atoms with van der Waals surface area (Å²) in [5.41, 5.74) is 5.20. The first-order valence-corrected chi connectivity index (χ1v) is 6.83. The second-order valence-electron chi connectivity index (χ2n) is 3.51. The van der Waals surface area contributed by atoms with E-state index in [2.05, 4.69) is 43.8 Å². The molecule has 1 aromatic carbocycles. The van der Waals surface area contributed by atoms with E-state index in [1.807, 2.05) is 0 Å². The van der Waals surface area contributed by atoms with Gasteiger partial charge >= 0.3 is 18.9 Å². The van der Waals surface area contributed by atoms with E-state index in [-0.39, 0.29) is 28.4 Å². The first-order chi connectivity index (χ1) is 5.81. The molecule has 0 aliphatic heterocycles. The van der Waals surface area contributed by atoms with Crippen LogP contribution in [0.2, 0.25) is 6.55 Å². The van der Waals surface area contributed by atoms with Gasteiger partial charge in [0.15, 0.2) is 0 Å². The van der Waals surface area contributed by atoms with Crippen LogP contribution in [0.4, 0.5) is 0 Å². The number of benzene rings is 1. The molecule has 0 spiro atoms. The summed E-state index contributed by atoms with van der Waals surface area (Å²) < 4.78 is 0. The standard InChI is InChI=1S/C11H14Si.Li.H/c1-8-3-5-10-9(7-8)4-6-11(10)12-2;;/h3-7,11H,12H2,1-2H3;;. The van der Waals surface area contributed by atoms with Crippen LogP contribution in [0.25, 0.3) is 6.08 Å². The normalized spacial score (nSPS) is 19.1. The molecular weight excluding hydrogens is 167 g/mol. The molecule has 1 aliphatic carbocycles. The fraction of sp³-hybridized carbons (Fsp3) is 0.273. The number of allylic oxidation sites excluding steroid dienone is 1. The number of aryl methyl sites for hydroxylation is 1. The third kappa shape index (κ3) is 1.99. The van der Waals surface area contributed by atoms with Crippen molar-refractivity contribution in [1.82, 2.24) is 0 Å². The summed E-state index contributed by atoms with van der Waals surface area (Å²) in [6, 6.07) is 6.81. The van der Waals surface area contributed by atoms with Crippen LogP contribution in [0, 0.1) is 6.92 Å². The van der Waals surface area contributed by atoms with E-state index in [1.54, 1.807) is 5.56 Å². The number of hydrogen-bond acceptors (Lipinski definition) is 0. The first kappa shape index (κ1) is 10.9. The summed E-state index contributed by atoms with van der Waals surface area (Å²) in [4.78, 5) is 0. The van der Waals surface area contributed by atoms with Crippen molar-refractivity contribution in [3.63, 3.8) is 0 Å². The number of fused-ring (bicyclic) bond motifs is 1. The van der Waals surface area contributed by atoms with Crippen LogP contribution in [-0.2, 0) is 0 Å². The van der Waals surface area contributed by atoms with Gasteiger partial charge < -0.3 is 0 Å². The van der Waals surface area contributed by atoms with E-state index in [1.165, 1.54) is 11.1 Å². The minimum atomic E-state index is 0. The van der Waals surface area contributed by atoms with E-state index in [9.17, 15) is 0 Å². The van der Waals surface area contributed by atoms with Gasteiger partial charge in [0.2, 0.25) is 0 Å². The SMILES string of the molecule is C[SiH2]C1C=Cc2cc(C)ccc21.[LiH]. The Morgan fingerprint density at radius 1 is 1.31 bits per heavy atom. The Hall–Kier alpha value is -0.226. The van der Waals surface area contributed by atoms with Gasteiger partial charge in [0, 0.05) is 9.52 Å². The fourth-order valence-electron chi connectivity index (χ4n) is 1.86. The molecule has 0 fully saturated rings. The summed E-state index contributed by atoms with van der Waals surface area (Å²) in [5, 5.41) is 0. The van der Waals surface area contributed by atoms with E-state index in [0.717, 1.165) is 5.54 Å². The third-order valence-corrected chi connectivity index (χ3v) is 4.18. The van der Waals surface area contributed by atoms with Gasteiger partial charge in [-0.3, -0.25) is 0 Å². The molecule has 1 aromatic rings. The molecule has 1 unspecified atom stereocenters. The minimum absolute atomic E-state index is 0. The summed E-state index contributed by atoms with van der Waals surface area (Å²) in [6.07, 6.45) is 4.65. The molecule has 0 radical (unpaired) electrons. The van der Waals surface area contributed by atoms with Gasteiger partial charge in [-0.25, -0.2) is 0 Å². The van der Waals surface area contributed by atoms with Crippen molar-refractivity contribution in [3.05, 3.63) is 41.0 Å². The Kier molecular flexibility index (Phi) is 3.61. The Labute approximate surface area is 94.4 Å². The second-order valence-corrected chi connectivity index (χ2v) is 5.20. The average molecular weight is 182 g/mol.